The Morgan fingerprint density at radius 2 is 1.75 bits per heavy atom. The molecule has 0 aromatic rings. The van der Waals surface area contributed by atoms with Gasteiger partial charge in [0.2, 0.25) is 11.8 Å². The number of amides is 2. The highest BCUT2D eigenvalue weighted by Gasteiger charge is 2.24. The molecule has 0 radical (unpaired) electrons. The van der Waals surface area contributed by atoms with Crippen LogP contribution in [0.3, 0.4) is 0 Å². The van der Waals surface area contributed by atoms with Gasteiger partial charge >= 0.3 is 0 Å². The Bertz CT molecular complexity index is 389. The molecule has 2 fully saturated rings. The van der Waals surface area contributed by atoms with Crippen molar-refractivity contribution in [1.82, 2.24) is 15.5 Å². The minimum Gasteiger partial charge on any atom is -0.483 e. The number of nitrogens with one attached hydrogen (secondary N) is 2. The van der Waals surface area contributed by atoms with E-state index in [0.29, 0.717) is 12.3 Å². The second-order valence-electron chi connectivity index (χ2n) is 6.54. The molecule has 7 nitrogen and oxygen atoms in total. The van der Waals surface area contributed by atoms with Crippen molar-refractivity contribution in [3.05, 3.63) is 0 Å². The third-order valence-corrected chi connectivity index (χ3v) is 4.93. The maximum atomic E-state index is 12.0. The van der Waals surface area contributed by atoms with Gasteiger partial charge in [-0.2, -0.15) is 0 Å². The van der Waals surface area contributed by atoms with E-state index in [0.717, 1.165) is 51.9 Å². The molecule has 1 saturated heterocycles. The summed E-state index contributed by atoms with van der Waals surface area (Å²) in [6.45, 7) is 3.52. The summed E-state index contributed by atoms with van der Waals surface area (Å²) in [5, 5.41) is 12.7. The lowest BCUT2D eigenvalue weighted by Crippen LogP contribution is -2.40. The van der Waals surface area contributed by atoms with Crippen LogP contribution in [0, 0.1) is 11.8 Å². The predicted octanol–water partition coefficient (Wildman–Crippen LogP) is 0.842. The zero-order chi connectivity index (χ0) is 17.8. The third kappa shape index (κ3) is 7.77. The van der Waals surface area contributed by atoms with E-state index >= 15 is 0 Å². The van der Waals surface area contributed by atoms with Crippen LogP contribution in [0.4, 0.5) is 0 Å². The minimum atomic E-state index is -0.250. The first-order valence-electron chi connectivity index (χ1n) is 8.89. The van der Waals surface area contributed by atoms with Crippen molar-refractivity contribution in [2.45, 2.75) is 44.9 Å². The van der Waals surface area contributed by atoms with Gasteiger partial charge < -0.3 is 20.6 Å². The summed E-state index contributed by atoms with van der Waals surface area (Å²) in [6, 6.07) is 0. The van der Waals surface area contributed by atoms with Crippen LogP contribution in [0.1, 0.15) is 44.9 Å². The average molecular weight is 341 g/mol. The number of carboxylic acid groups (broad SMARTS) is 1. The molecule has 7 heteroatoms. The van der Waals surface area contributed by atoms with E-state index in [4.69, 9.17) is 9.90 Å². The highest BCUT2D eigenvalue weighted by Crippen LogP contribution is 2.25. The zero-order valence-corrected chi connectivity index (χ0v) is 14.6. The zero-order valence-electron chi connectivity index (χ0n) is 14.6. The van der Waals surface area contributed by atoms with Crippen LogP contribution in [0.5, 0.6) is 0 Å². The van der Waals surface area contributed by atoms with E-state index in [1.807, 2.05) is 0 Å². The van der Waals surface area contributed by atoms with E-state index in [-0.39, 0.29) is 24.2 Å². The molecule has 138 valence electrons. The summed E-state index contributed by atoms with van der Waals surface area (Å²) < 4.78 is 0. The number of carbonyl (C=O) groups is 3. The van der Waals surface area contributed by atoms with Crippen molar-refractivity contribution in [2.24, 2.45) is 11.8 Å². The lowest BCUT2D eigenvalue weighted by atomic mass is 9.96. The molecule has 24 heavy (non-hydrogen) atoms. The quantitative estimate of drug-likeness (QED) is 0.622. The van der Waals surface area contributed by atoms with E-state index in [2.05, 4.69) is 15.5 Å². The molecule has 1 saturated carbocycles. The van der Waals surface area contributed by atoms with Crippen LogP contribution >= 0.6 is 0 Å². The molecule has 0 unspecified atom stereocenters. The van der Waals surface area contributed by atoms with Crippen molar-refractivity contribution in [3.63, 3.8) is 0 Å². The van der Waals surface area contributed by atoms with Gasteiger partial charge in [-0.1, -0.05) is 12.8 Å². The normalized spacial score (nSPS) is 19.2. The summed E-state index contributed by atoms with van der Waals surface area (Å²) in [6.07, 6.45) is 7.40. The molecule has 2 rings (SSSR count). The Morgan fingerprint density at radius 3 is 2.29 bits per heavy atom. The van der Waals surface area contributed by atoms with Crippen LogP contribution in [-0.4, -0.2) is 61.5 Å². The first-order chi connectivity index (χ1) is 11.6. The van der Waals surface area contributed by atoms with Gasteiger partial charge in [0.25, 0.3) is 6.47 Å². The van der Waals surface area contributed by atoms with Gasteiger partial charge in [-0.25, -0.2) is 0 Å². The molecule has 0 spiro atoms. The van der Waals surface area contributed by atoms with Crippen molar-refractivity contribution in [1.29, 1.82) is 0 Å². The Hall–Kier alpha value is -1.63. The molecule has 0 atom stereocenters. The maximum absolute atomic E-state index is 12.0. The molecule has 1 aliphatic carbocycles. The Kier molecular flexibility index (Phi) is 10.1. The number of hydrogen-bond donors (Lipinski definition) is 3. The number of likely N-dealkylation sites (tertiary alicyclic amines) is 1. The fourth-order valence-electron chi connectivity index (χ4n) is 3.38. The molecule has 0 aromatic carbocycles. The van der Waals surface area contributed by atoms with Crippen LogP contribution in [0.2, 0.25) is 0 Å². The molecule has 1 heterocycles. The monoisotopic (exact) mass is 341 g/mol. The maximum Gasteiger partial charge on any atom is 0.290 e. The summed E-state index contributed by atoms with van der Waals surface area (Å²) >= 11 is 0. The molecule has 2 amide bonds. The Labute approximate surface area is 144 Å². The topological polar surface area (TPSA) is 98.7 Å². The van der Waals surface area contributed by atoms with Crippen molar-refractivity contribution < 1.29 is 19.5 Å². The van der Waals surface area contributed by atoms with E-state index in [9.17, 15) is 9.59 Å². The average Bonchev–Trinajstić information content (AvgIpc) is 3.14. The van der Waals surface area contributed by atoms with E-state index in [1.54, 1.807) is 7.05 Å². The summed E-state index contributed by atoms with van der Waals surface area (Å²) in [5.74, 6) is 1.26. The second kappa shape index (κ2) is 11.8. The van der Waals surface area contributed by atoms with Gasteiger partial charge in [0.15, 0.2) is 0 Å². The van der Waals surface area contributed by atoms with Gasteiger partial charge in [-0.3, -0.25) is 14.4 Å². The Morgan fingerprint density at radius 1 is 1.17 bits per heavy atom. The molecular weight excluding hydrogens is 310 g/mol. The van der Waals surface area contributed by atoms with Gasteiger partial charge in [0.05, 0.1) is 0 Å². The number of piperidine rings is 1. The van der Waals surface area contributed by atoms with E-state index < -0.39 is 0 Å². The molecule has 0 bridgehead atoms. The smallest absolute Gasteiger partial charge is 0.290 e. The first kappa shape index (κ1) is 20.4. The highest BCUT2D eigenvalue weighted by molar-refractivity contribution is 5.78. The lowest BCUT2D eigenvalue weighted by Gasteiger charge is -2.32. The second-order valence-corrected chi connectivity index (χ2v) is 6.54. The molecule has 3 N–H and O–H groups in total. The molecule has 0 aromatic heterocycles. The summed E-state index contributed by atoms with van der Waals surface area (Å²) in [4.78, 5) is 33.9. The Balaban J connectivity index is 0.000000891. The minimum absolute atomic E-state index is 0.112. The van der Waals surface area contributed by atoms with Gasteiger partial charge in [-0.15, -0.1) is 0 Å². The predicted molar refractivity (Wildman–Crippen MR) is 91.5 cm³/mol. The number of hydrogen-bond acceptors (Lipinski definition) is 4. The van der Waals surface area contributed by atoms with Crippen LogP contribution in [0.25, 0.3) is 0 Å². The van der Waals surface area contributed by atoms with Crippen molar-refractivity contribution in [3.8, 4) is 0 Å². The van der Waals surface area contributed by atoms with Crippen molar-refractivity contribution in [2.75, 3.05) is 33.2 Å². The standard InChI is InChI=1S/C16H29N3O2.CH2O2/c1-17-15(20)8-11-19-9-6-13(7-10-19)12-18-16(21)14-4-2-3-5-14;2-1-3/h13-14H,2-12H2,1H3,(H,17,20)(H,18,21);1H,(H,2,3). The summed E-state index contributed by atoms with van der Waals surface area (Å²) in [5.41, 5.74) is 0. The molecular formula is C17H31N3O4. The van der Waals surface area contributed by atoms with Crippen LogP contribution in [0.15, 0.2) is 0 Å². The fourth-order valence-corrected chi connectivity index (χ4v) is 3.38. The van der Waals surface area contributed by atoms with Gasteiger partial charge in [0, 0.05) is 32.5 Å². The van der Waals surface area contributed by atoms with Crippen LogP contribution in [-0.2, 0) is 14.4 Å². The van der Waals surface area contributed by atoms with Gasteiger partial charge in [-0.05, 0) is 44.7 Å². The fraction of sp³-hybridized carbons (Fsp3) is 0.824. The third-order valence-electron chi connectivity index (χ3n) is 4.93. The number of nitrogens with zero attached hydrogens (tertiary/aromatic N) is 1. The summed E-state index contributed by atoms with van der Waals surface area (Å²) in [7, 11) is 1.68. The number of carbonyl (C=O) groups excluding carboxylic acids is 2. The largest absolute Gasteiger partial charge is 0.483 e. The molecule has 1 aliphatic heterocycles. The van der Waals surface area contributed by atoms with Crippen molar-refractivity contribution >= 4 is 18.3 Å². The molecule has 2 aliphatic rings. The number of rotatable bonds is 6. The van der Waals surface area contributed by atoms with Crippen LogP contribution < -0.4 is 10.6 Å². The van der Waals surface area contributed by atoms with E-state index in [1.165, 1.54) is 12.8 Å². The lowest BCUT2D eigenvalue weighted by molar-refractivity contribution is -0.125. The highest BCUT2D eigenvalue weighted by atomic mass is 16.3. The SMILES string of the molecule is CNC(=O)CCN1CCC(CNC(=O)C2CCCC2)CC1.O=CO. The first-order valence-corrected chi connectivity index (χ1v) is 8.89. The van der Waals surface area contributed by atoms with Gasteiger partial charge in [0.1, 0.15) is 0 Å².